The fourth-order valence-corrected chi connectivity index (χ4v) is 11.8. The number of aliphatic hydroxyl groups excluding tert-OH is 8. The fourth-order valence-electron chi connectivity index (χ4n) is 11.8. The number of fused-ring (bicyclic) bond motifs is 5. The van der Waals surface area contributed by atoms with Crippen molar-refractivity contribution < 1.29 is 59.8 Å². The lowest BCUT2D eigenvalue weighted by Gasteiger charge is -2.65. The molecule has 6 rings (SSSR count). The summed E-state index contributed by atoms with van der Waals surface area (Å²) in [6.07, 6.45) is -4.24. The third kappa shape index (κ3) is 6.11. The van der Waals surface area contributed by atoms with E-state index in [0.29, 0.717) is 24.2 Å². The van der Waals surface area contributed by atoms with Gasteiger partial charge in [-0.05, 0) is 79.4 Å². The van der Waals surface area contributed by atoms with Crippen molar-refractivity contribution in [3.8, 4) is 0 Å². The van der Waals surface area contributed by atoms with Crippen LogP contribution in [-0.2, 0) is 18.9 Å². The van der Waals surface area contributed by atoms with Crippen LogP contribution in [0.3, 0.4) is 0 Å². The molecule has 2 heterocycles. The molecule has 0 radical (unpaired) electrons. The normalized spacial score (nSPS) is 54.6. The molecule has 6 aliphatic rings. The third-order valence-corrected chi connectivity index (χ3v) is 14.5. The van der Waals surface area contributed by atoms with E-state index in [1.54, 1.807) is 0 Å². The zero-order valence-corrected chi connectivity index (χ0v) is 29.1. The molecule has 0 spiro atoms. The van der Waals surface area contributed by atoms with Crippen molar-refractivity contribution in [1.29, 1.82) is 0 Å². The molecule has 20 atom stereocenters. The minimum absolute atomic E-state index is 0.0103. The SMILES string of the molecule is CCC[C@@H](C)[C@H]1CC[C@H]2[C@@H]3[C@H](O[C@@H]4OC(CO)[C@@H](O)C(O)[C@@H]4O)C[C@@H]4CCCC[C@]4(C)[C@H]3C[C@H](O[C@@H]3OC(CO)[C@@H](O)C(O)[C@@H]3O)[C@]12C. The largest absolute Gasteiger partial charge is 0.394 e. The Kier molecular flexibility index (Phi) is 11.3. The first-order valence-electron chi connectivity index (χ1n) is 18.7. The fraction of sp³-hybridized carbons (Fsp3) is 1.00. The van der Waals surface area contributed by atoms with Crippen LogP contribution in [-0.4, -0.2) is 128 Å². The van der Waals surface area contributed by atoms with Gasteiger partial charge in [-0.1, -0.05) is 53.4 Å². The molecular weight excluding hydrogens is 624 g/mol. The summed E-state index contributed by atoms with van der Waals surface area (Å²) in [6, 6.07) is 0. The van der Waals surface area contributed by atoms with Gasteiger partial charge in [0.05, 0.1) is 25.4 Å². The summed E-state index contributed by atoms with van der Waals surface area (Å²) in [5.74, 6) is 1.41. The average molecular weight is 687 g/mol. The molecule has 4 saturated carbocycles. The van der Waals surface area contributed by atoms with Gasteiger partial charge in [-0.15, -0.1) is 0 Å². The molecular formula is C36H62O12. The molecule has 4 aliphatic carbocycles. The second kappa shape index (κ2) is 14.5. The summed E-state index contributed by atoms with van der Waals surface area (Å²) in [5, 5.41) is 84.1. The summed E-state index contributed by atoms with van der Waals surface area (Å²) < 4.78 is 25.5. The molecule has 0 aromatic carbocycles. The number of hydrogen-bond donors (Lipinski definition) is 8. The zero-order chi connectivity index (χ0) is 34.7. The molecule has 0 bridgehead atoms. The van der Waals surface area contributed by atoms with Crippen molar-refractivity contribution in [2.24, 2.45) is 46.3 Å². The molecule has 12 heteroatoms. The molecule has 0 aromatic heterocycles. The highest BCUT2D eigenvalue weighted by molar-refractivity contribution is 5.15. The summed E-state index contributed by atoms with van der Waals surface area (Å²) in [4.78, 5) is 0. The third-order valence-electron chi connectivity index (χ3n) is 14.5. The first-order chi connectivity index (χ1) is 22.8. The summed E-state index contributed by atoms with van der Waals surface area (Å²) in [6.45, 7) is 8.16. The lowest BCUT2D eigenvalue weighted by Crippen LogP contribution is -2.66. The van der Waals surface area contributed by atoms with Crippen LogP contribution in [0.15, 0.2) is 0 Å². The van der Waals surface area contributed by atoms with Crippen LogP contribution < -0.4 is 0 Å². The zero-order valence-electron chi connectivity index (χ0n) is 29.1. The maximum Gasteiger partial charge on any atom is 0.186 e. The molecule has 0 aromatic rings. The Morgan fingerprint density at radius 1 is 0.729 bits per heavy atom. The van der Waals surface area contributed by atoms with Gasteiger partial charge in [0.1, 0.15) is 48.8 Å². The molecule has 2 aliphatic heterocycles. The van der Waals surface area contributed by atoms with Gasteiger partial charge in [0.15, 0.2) is 12.6 Å². The van der Waals surface area contributed by atoms with Gasteiger partial charge in [0, 0.05) is 5.41 Å². The number of hydrogen-bond acceptors (Lipinski definition) is 12. The lowest BCUT2D eigenvalue weighted by atomic mass is 9.43. The Balaban J connectivity index is 1.37. The van der Waals surface area contributed by atoms with Crippen molar-refractivity contribution in [3.63, 3.8) is 0 Å². The number of aliphatic hydroxyl groups is 8. The van der Waals surface area contributed by atoms with Crippen LogP contribution >= 0.6 is 0 Å². The lowest BCUT2D eigenvalue weighted by molar-refractivity contribution is -0.345. The molecule has 0 amide bonds. The maximum atomic E-state index is 11.1. The van der Waals surface area contributed by atoms with Crippen LogP contribution in [0.5, 0.6) is 0 Å². The monoisotopic (exact) mass is 686 g/mol. The Morgan fingerprint density at radius 3 is 1.92 bits per heavy atom. The highest BCUT2D eigenvalue weighted by atomic mass is 16.7. The van der Waals surface area contributed by atoms with E-state index in [4.69, 9.17) is 18.9 Å². The minimum atomic E-state index is -1.52. The molecule has 4 unspecified atom stereocenters. The summed E-state index contributed by atoms with van der Waals surface area (Å²) in [5.41, 5.74) is -0.382. The van der Waals surface area contributed by atoms with Gasteiger partial charge < -0.3 is 59.8 Å². The van der Waals surface area contributed by atoms with Crippen molar-refractivity contribution >= 4 is 0 Å². The second-order valence-electron chi connectivity index (χ2n) is 16.7. The predicted molar refractivity (Wildman–Crippen MR) is 172 cm³/mol. The topological polar surface area (TPSA) is 199 Å². The summed E-state index contributed by atoms with van der Waals surface area (Å²) in [7, 11) is 0. The van der Waals surface area contributed by atoms with Crippen molar-refractivity contribution in [2.75, 3.05) is 13.2 Å². The van der Waals surface area contributed by atoms with Crippen LogP contribution in [0, 0.1) is 46.3 Å². The van der Waals surface area contributed by atoms with Crippen LogP contribution in [0.25, 0.3) is 0 Å². The van der Waals surface area contributed by atoms with Gasteiger partial charge in [-0.2, -0.15) is 0 Å². The van der Waals surface area contributed by atoms with Crippen LogP contribution in [0.2, 0.25) is 0 Å². The van der Waals surface area contributed by atoms with Gasteiger partial charge in [0.25, 0.3) is 0 Å². The molecule has 2 saturated heterocycles. The first-order valence-corrected chi connectivity index (χ1v) is 18.7. The van der Waals surface area contributed by atoms with Gasteiger partial charge in [0.2, 0.25) is 0 Å². The highest BCUT2D eigenvalue weighted by Gasteiger charge is 2.67. The van der Waals surface area contributed by atoms with E-state index < -0.39 is 74.6 Å². The van der Waals surface area contributed by atoms with Crippen molar-refractivity contribution in [1.82, 2.24) is 0 Å². The van der Waals surface area contributed by atoms with E-state index in [9.17, 15) is 40.9 Å². The maximum absolute atomic E-state index is 11.1. The van der Waals surface area contributed by atoms with Gasteiger partial charge >= 0.3 is 0 Å². The Hall–Kier alpha value is -0.480. The molecule has 8 N–H and O–H groups in total. The van der Waals surface area contributed by atoms with E-state index in [-0.39, 0.29) is 40.8 Å². The highest BCUT2D eigenvalue weighted by Crippen LogP contribution is 2.69. The predicted octanol–water partition coefficient (Wildman–Crippen LogP) is 1.06. The molecule has 6 fully saturated rings. The number of rotatable bonds is 9. The van der Waals surface area contributed by atoms with E-state index in [2.05, 4.69) is 27.7 Å². The Morgan fingerprint density at radius 2 is 1.33 bits per heavy atom. The standard InChI is InChI=1S/C36H62O12/c1-5-8-17(2)19-10-11-20-26-21(14-25(36(19,20)4)48-34-32(44)30(42)28(40)24(16-38)47-34)35(3)12-7-6-9-18(35)13-22(26)45-33-31(43)29(41)27(39)23(15-37)46-33/h17-34,37-44H,5-16H2,1-4H3/t17-,18+,19-,20+,21+,22-,23?,24?,25+,26+,27-,28-,29?,30?,31+,32+,33-,34+,35+,36-/m1/s1. The summed E-state index contributed by atoms with van der Waals surface area (Å²) >= 11 is 0. The minimum Gasteiger partial charge on any atom is -0.394 e. The van der Waals surface area contributed by atoms with E-state index in [1.807, 2.05) is 0 Å². The second-order valence-corrected chi connectivity index (χ2v) is 16.7. The Bertz CT molecular complexity index is 1080. The van der Waals surface area contributed by atoms with Crippen LogP contribution in [0.4, 0.5) is 0 Å². The van der Waals surface area contributed by atoms with Gasteiger partial charge in [-0.25, -0.2) is 0 Å². The van der Waals surface area contributed by atoms with E-state index in [0.717, 1.165) is 57.8 Å². The van der Waals surface area contributed by atoms with Crippen molar-refractivity contribution in [2.45, 2.75) is 166 Å². The van der Waals surface area contributed by atoms with E-state index in [1.165, 1.54) is 0 Å². The molecule has 12 nitrogen and oxygen atoms in total. The van der Waals surface area contributed by atoms with E-state index >= 15 is 0 Å². The Labute approximate surface area is 284 Å². The smallest absolute Gasteiger partial charge is 0.186 e. The van der Waals surface area contributed by atoms with Gasteiger partial charge in [-0.3, -0.25) is 0 Å². The van der Waals surface area contributed by atoms with Crippen molar-refractivity contribution in [3.05, 3.63) is 0 Å². The first kappa shape index (κ1) is 37.3. The van der Waals surface area contributed by atoms with Crippen LogP contribution in [0.1, 0.15) is 91.9 Å². The molecule has 48 heavy (non-hydrogen) atoms. The average Bonchev–Trinajstić information content (AvgIpc) is 3.43. The molecule has 278 valence electrons. The quantitative estimate of drug-likeness (QED) is 0.161. The number of ether oxygens (including phenoxy) is 4.